The third-order valence-electron chi connectivity index (χ3n) is 1.43. The zero-order valence-electron chi connectivity index (χ0n) is 7.90. The Labute approximate surface area is 82.4 Å². The maximum atomic E-state index is 11.0. The summed E-state index contributed by atoms with van der Waals surface area (Å²) in [7, 11) is 0. The zero-order valence-corrected chi connectivity index (χ0v) is 7.90. The number of aliphatic hydroxyl groups is 1. The molecule has 6 heteroatoms. The number of nitrogens with two attached hydrogens (primary N) is 1. The van der Waals surface area contributed by atoms with Crippen LogP contribution in [0.1, 0.15) is 0 Å². The van der Waals surface area contributed by atoms with Crippen LogP contribution in [0.5, 0.6) is 0 Å². The van der Waals surface area contributed by atoms with Crippen LogP contribution in [-0.2, 0) is 4.79 Å². The quantitative estimate of drug-likeness (QED) is 0.463. The van der Waals surface area contributed by atoms with E-state index in [1.807, 2.05) is 5.32 Å². The van der Waals surface area contributed by atoms with Crippen LogP contribution in [-0.4, -0.2) is 48.2 Å². The van der Waals surface area contributed by atoms with Gasteiger partial charge in [0.2, 0.25) is 5.91 Å². The first-order chi connectivity index (χ1) is 6.60. The fourth-order valence-corrected chi connectivity index (χ4v) is 0.939. The van der Waals surface area contributed by atoms with Crippen LogP contribution in [0.4, 0.5) is 4.79 Å². The van der Waals surface area contributed by atoms with Crippen molar-refractivity contribution in [2.75, 3.05) is 26.2 Å². The number of nitrogens with one attached hydrogen (secondary N) is 1. The summed E-state index contributed by atoms with van der Waals surface area (Å²) in [4.78, 5) is 23.0. The average Bonchev–Trinajstić information content (AvgIpc) is 2.03. The molecule has 6 nitrogen and oxygen atoms in total. The molecule has 0 saturated heterocycles. The average molecular weight is 201 g/mol. The molecular formula is C8H15N3O3. The molecule has 0 aliphatic heterocycles. The van der Waals surface area contributed by atoms with Gasteiger partial charge < -0.3 is 10.8 Å². The van der Waals surface area contributed by atoms with E-state index < -0.39 is 11.9 Å². The van der Waals surface area contributed by atoms with Crippen LogP contribution >= 0.6 is 0 Å². The number of aliphatic hydroxyl groups excluding tert-OH is 1. The number of nitrogens with zero attached hydrogens (tertiary/aromatic N) is 1. The number of imide groups is 1. The van der Waals surface area contributed by atoms with E-state index >= 15 is 0 Å². The van der Waals surface area contributed by atoms with Crippen LogP contribution in [0.3, 0.4) is 0 Å². The van der Waals surface area contributed by atoms with E-state index in [4.69, 9.17) is 10.8 Å². The molecule has 80 valence electrons. The van der Waals surface area contributed by atoms with Crippen molar-refractivity contribution in [2.24, 2.45) is 5.73 Å². The summed E-state index contributed by atoms with van der Waals surface area (Å²) in [6.07, 6.45) is 1.60. The number of primary amides is 1. The molecule has 0 unspecified atom stereocenters. The van der Waals surface area contributed by atoms with Crippen molar-refractivity contribution in [3.05, 3.63) is 12.7 Å². The van der Waals surface area contributed by atoms with Crippen LogP contribution in [0.25, 0.3) is 0 Å². The normalized spacial score (nSPS) is 9.86. The summed E-state index contributed by atoms with van der Waals surface area (Å²) >= 11 is 0. The highest BCUT2D eigenvalue weighted by molar-refractivity contribution is 5.94. The number of amides is 3. The molecule has 0 aromatic rings. The third-order valence-corrected chi connectivity index (χ3v) is 1.43. The molecule has 0 saturated carbocycles. The molecule has 14 heavy (non-hydrogen) atoms. The lowest BCUT2D eigenvalue weighted by atomic mass is 10.4. The molecule has 0 rings (SSSR count). The smallest absolute Gasteiger partial charge is 0.318 e. The highest BCUT2D eigenvalue weighted by Gasteiger charge is 2.09. The molecule has 0 spiro atoms. The predicted molar refractivity (Wildman–Crippen MR) is 51.4 cm³/mol. The molecule has 3 amide bonds. The van der Waals surface area contributed by atoms with Crippen LogP contribution in [0.15, 0.2) is 12.7 Å². The van der Waals surface area contributed by atoms with E-state index in [1.54, 1.807) is 11.0 Å². The Morgan fingerprint density at radius 3 is 2.64 bits per heavy atom. The van der Waals surface area contributed by atoms with Crippen LogP contribution in [0, 0.1) is 0 Å². The van der Waals surface area contributed by atoms with Gasteiger partial charge in [0, 0.05) is 13.1 Å². The van der Waals surface area contributed by atoms with Crippen molar-refractivity contribution in [2.45, 2.75) is 0 Å². The molecule has 0 atom stereocenters. The fourth-order valence-electron chi connectivity index (χ4n) is 0.939. The Hall–Kier alpha value is -1.40. The predicted octanol–water partition coefficient (Wildman–Crippen LogP) is -1.34. The maximum absolute atomic E-state index is 11.0. The zero-order chi connectivity index (χ0) is 11.0. The molecule has 0 aliphatic carbocycles. The van der Waals surface area contributed by atoms with Crippen LogP contribution < -0.4 is 11.1 Å². The summed E-state index contributed by atoms with van der Waals surface area (Å²) < 4.78 is 0. The van der Waals surface area contributed by atoms with E-state index in [-0.39, 0.29) is 13.2 Å². The lowest BCUT2D eigenvalue weighted by Gasteiger charge is -2.17. The Balaban J connectivity index is 3.94. The van der Waals surface area contributed by atoms with E-state index in [0.29, 0.717) is 13.1 Å². The molecule has 0 fully saturated rings. The topological polar surface area (TPSA) is 95.7 Å². The van der Waals surface area contributed by atoms with E-state index in [9.17, 15) is 9.59 Å². The molecule has 0 aromatic heterocycles. The number of carbonyl (C=O) groups is 2. The Kier molecular flexibility index (Phi) is 6.34. The minimum Gasteiger partial charge on any atom is -0.395 e. The van der Waals surface area contributed by atoms with Crippen LogP contribution in [0.2, 0.25) is 0 Å². The number of hydrogen-bond donors (Lipinski definition) is 3. The van der Waals surface area contributed by atoms with Crippen molar-refractivity contribution < 1.29 is 14.7 Å². The molecular weight excluding hydrogens is 186 g/mol. The van der Waals surface area contributed by atoms with Crippen molar-refractivity contribution in [3.63, 3.8) is 0 Å². The van der Waals surface area contributed by atoms with Gasteiger partial charge in [-0.25, -0.2) is 4.79 Å². The SMILES string of the molecule is C=CCN(CCO)CC(=O)NC(N)=O. The minimum absolute atomic E-state index is 0.00944. The monoisotopic (exact) mass is 201 g/mol. The first-order valence-electron chi connectivity index (χ1n) is 4.13. The van der Waals surface area contributed by atoms with Gasteiger partial charge in [0.1, 0.15) is 0 Å². The summed E-state index contributed by atoms with van der Waals surface area (Å²) in [6.45, 7) is 4.27. The molecule has 0 radical (unpaired) electrons. The second kappa shape index (κ2) is 7.05. The van der Waals surface area contributed by atoms with Crippen molar-refractivity contribution in [1.82, 2.24) is 10.2 Å². The summed E-state index contributed by atoms with van der Waals surface area (Å²) in [5.74, 6) is -0.493. The van der Waals surface area contributed by atoms with E-state index in [2.05, 4.69) is 6.58 Å². The van der Waals surface area contributed by atoms with Crippen molar-refractivity contribution >= 4 is 11.9 Å². The van der Waals surface area contributed by atoms with Gasteiger partial charge in [0.05, 0.1) is 13.2 Å². The molecule has 0 aromatic carbocycles. The van der Waals surface area contributed by atoms with Gasteiger partial charge in [-0.05, 0) is 0 Å². The first-order valence-corrected chi connectivity index (χ1v) is 4.13. The number of carbonyl (C=O) groups excluding carboxylic acids is 2. The lowest BCUT2D eigenvalue weighted by Crippen LogP contribution is -2.43. The van der Waals surface area contributed by atoms with Gasteiger partial charge in [-0.1, -0.05) is 6.08 Å². The highest BCUT2D eigenvalue weighted by atomic mass is 16.3. The summed E-state index contributed by atoms with van der Waals surface area (Å²) in [5.41, 5.74) is 4.76. The number of rotatable bonds is 6. The van der Waals surface area contributed by atoms with Gasteiger partial charge in [0.15, 0.2) is 0 Å². The van der Waals surface area contributed by atoms with Crippen molar-refractivity contribution in [3.8, 4) is 0 Å². The Morgan fingerprint density at radius 1 is 1.57 bits per heavy atom. The third kappa shape index (κ3) is 6.15. The molecule has 0 heterocycles. The largest absolute Gasteiger partial charge is 0.395 e. The standard InChI is InChI=1S/C8H15N3O3/c1-2-3-11(4-5-12)6-7(13)10-8(9)14/h2,12H,1,3-6H2,(H3,9,10,13,14). The second-order valence-electron chi connectivity index (χ2n) is 2.66. The van der Waals surface area contributed by atoms with E-state index in [1.165, 1.54) is 0 Å². The van der Waals surface area contributed by atoms with Gasteiger partial charge in [-0.3, -0.25) is 15.0 Å². The summed E-state index contributed by atoms with van der Waals surface area (Å²) in [5, 5.41) is 10.6. The van der Waals surface area contributed by atoms with Crippen molar-refractivity contribution in [1.29, 1.82) is 0 Å². The van der Waals surface area contributed by atoms with Gasteiger partial charge >= 0.3 is 6.03 Å². The Bertz CT molecular complexity index is 218. The minimum atomic E-state index is -0.877. The van der Waals surface area contributed by atoms with Gasteiger partial charge in [0.25, 0.3) is 0 Å². The number of hydrogen-bond acceptors (Lipinski definition) is 4. The Morgan fingerprint density at radius 2 is 2.21 bits per heavy atom. The second-order valence-corrected chi connectivity index (χ2v) is 2.66. The molecule has 0 aliphatic rings. The first kappa shape index (κ1) is 12.6. The van der Waals surface area contributed by atoms with E-state index in [0.717, 1.165) is 0 Å². The fraction of sp³-hybridized carbons (Fsp3) is 0.500. The lowest BCUT2D eigenvalue weighted by molar-refractivity contribution is -0.121. The highest BCUT2D eigenvalue weighted by Crippen LogP contribution is 1.87. The van der Waals surface area contributed by atoms with Gasteiger partial charge in [-0.2, -0.15) is 0 Å². The number of urea groups is 1. The molecule has 0 bridgehead atoms. The summed E-state index contributed by atoms with van der Waals surface area (Å²) in [6, 6.07) is -0.877. The maximum Gasteiger partial charge on any atom is 0.318 e. The van der Waals surface area contributed by atoms with Gasteiger partial charge in [-0.15, -0.1) is 6.58 Å². The molecule has 4 N–H and O–H groups in total.